The van der Waals surface area contributed by atoms with Crippen molar-refractivity contribution in [2.45, 2.75) is 19.9 Å². The van der Waals surface area contributed by atoms with E-state index in [0.29, 0.717) is 5.75 Å². The minimum absolute atomic E-state index is 0.0769. The third-order valence-electron chi connectivity index (χ3n) is 2.11. The fourth-order valence-corrected chi connectivity index (χ4v) is 1.55. The number of benzene rings is 1. The molecule has 5 heteroatoms. The first-order valence-corrected chi connectivity index (χ1v) is 6.09. The highest BCUT2D eigenvalue weighted by Crippen LogP contribution is 2.19. The second kappa shape index (κ2) is 6.61. The topological polar surface area (TPSA) is 38.8 Å². The second-order valence-electron chi connectivity index (χ2n) is 3.79. The van der Waals surface area contributed by atoms with Gasteiger partial charge in [-0.2, -0.15) is 0 Å². The van der Waals surface area contributed by atoms with Gasteiger partial charge < -0.3 is 9.57 Å². The maximum absolute atomic E-state index is 11.2. The van der Waals surface area contributed by atoms with Gasteiger partial charge in [0.05, 0.1) is 7.11 Å². The number of hydroxylamine groups is 2. The molecule has 0 saturated carbocycles. The summed E-state index contributed by atoms with van der Waals surface area (Å²) in [6, 6.07) is 7.53. The summed E-state index contributed by atoms with van der Waals surface area (Å²) in [6.45, 7) is 3.99. The van der Waals surface area contributed by atoms with Crippen LogP contribution in [0.5, 0.6) is 5.75 Å². The van der Waals surface area contributed by atoms with E-state index in [4.69, 9.17) is 4.84 Å². The summed E-state index contributed by atoms with van der Waals surface area (Å²) in [6.07, 6.45) is 0. The van der Waals surface area contributed by atoms with E-state index in [1.54, 1.807) is 5.06 Å². The van der Waals surface area contributed by atoms with Crippen LogP contribution in [-0.2, 0) is 9.53 Å². The Morgan fingerprint density at radius 2 is 2.18 bits per heavy atom. The predicted octanol–water partition coefficient (Wildman–Crippen LogP) is 2.63. The molecule has 4 nitrogen and oxygen atoms in total. The van der Waals surface area contributed by atoms with Crippen molar-refractivity contribution in [2.24, 2.45) is 0 Å². The van der Waals surface area contributed by atoms with Gasteiger partial charge in [-0.1, -0.05) is 22.0 Å². The molecule has 0 radical (unpaired) electrons. The lowest BCUT2D eigenvalue weighted by molar-refractivity contribution is -0.155. The highest BCUT2D eigenvalue weighted by atomic mass is 79.9. The van der Waals surface area contributed by atoms with Crippen molar-refractivity contribution in [3.05, 3.63) is 28.7 Å². The third-order valence-corrected chi connectivity index (χ3v) is 2.60. The number of rotatable bonds is 5. The van der Waals surface area contributed by atoms with Crippen LogP contribution in [-0.4, -0.2) is 30.7 Å². The molecule has 0 amide bonds. The van der Waals surface area contributed by atoms with Crippen LogP contribution < -0.4 is 4.84 Å². The van der Waals surface area contributed by atoms with Crippen LogP contribution in [0, 0.1) is 0 Å². The number of hydrogen-bond acceptors (Lipinski definition) is 4. The number of hydrogen-bond donors (Lipinski definition) is 0. The number of carbonyl (C=O) groups excluding carboxylic acids is 1. The van der Waals surface area contributed by atoms with Gasteiger partial charge in [0, 0.05) is 10.5 Å². The predicted molar refractivity (Wildman–Crippen MR) is 68.6 cm³/mol. The van der Waals surface area contributed by atoms with Crippen LogP contribution in [0.2, 0.25) is 0 Å². The van der Waals surface area contributed by atoms with Crippen molar-refractivity contribution in [3.63, 3.8) is 0 Å². The fraction of sp³-hybridized carbons (Fsp3) is 0.417. The number of ether oxygens (including phenoxy) is 1. The Labute approximate surface area is 110 Å². The van der Waals surface area contributed by atoms with Gasteiger partial charge in [0.2, 0.25) is 0 Å². The normalized spacial score (nSPS) is 10.7. The van der Waals surface area contributed by atoms with Crippen molar-refractivity contribution in [1.29, 1.82) is 0 Å². The zero-order valence-corrected chi connectivity index (χ0v) is 11.7. The molecule has 1 aromatic carbocycles. The molecule has 0 aliphatic carbocycles. The van der Waals surface area contributed by atoms with Crippen molar-refractivity contribution in [1.82, 2.24) is 5.06 Å². The first-order valence-electron chi connectivity index (χ1n) is 5.30. The van der Waals surface area contributed by atoms with Crippen molar-refractivity contribution >= 4 is 21.9 Å². The molecule has 0 aliphatic rings. The quantitative estimate of drug-likeness (QED) is 0.619. The van der Waals surface area contributed by atoms with Gasteiger partial charge in [0.15, 0.2) is 0 Å². The Morgan fingerprint density at radius 1 is 1.47 bits per heavy atom. The molecule has 0 bridgehead atoms. The van der Waals surface area contributed by atoms with Gasteiger partial charge in [-0.3, -0.25) is 4.79 Å². The van der Waals surface area contributed by atoms with E-state index >= 15 is 0 Å². The standard InChI is InChI=1S/C12H16BrNO3/c1-9(2)14(8-12(15)16-3)17-11-6-4-5-10(13)7-11/h4-7,9H,8H2,1-3H3. The molecule has 0 saturated heterocycles. The van der Waals surface area contributed by atoms with E-state index < -0.39 is 0 Å². The van der Waals surface area contributed by atoms with Gasteiger partial charge in [0.1, 0.15) is 12.3 Å². The fourth-order valence-electron chi connectivity index (χ4n) is 1.17. The summed E-state index contributed by atoms with van der Waals surface area (Å²) in [5, 5.41) is 1.58. The lowest BCUT2D eigenvalue weighted by Crippen LogP contribution is -2.38. The van der Waals surface area contributed by atoms with Crippen LogP contribution in [0.4, 0.5) is 0 Å². The van der Waals surface area contributed by atoms with E-state index in [2.05, 4.69) is 20.7 Å². The minimum atomic E-state index is -0.325. The Balaban J connectivity index is 2.70. The molecule has 17 heavy (non-hydrogen) atoms. The molecule has 0 atom stereocenters. The van der Waals surface area contributed by atoms with Crippen molar-refractivity contribution < 1.29 is 14.4 Å². The molecule has 1 rings (SSSR count). The first kappa shape index (κ1) is 14.0. The molecule has 0 fully saturated rings. The zero-order valence-electron chi connectivity index (χ0n) is 10.1. The summed E-state index contributed by atoms with van der Waals surface area (Å²) in [7, 11) is 1.36. The molecule has 0 unspecified atom stereocenters. The number of nitrogens with zero attached hydrogens (tertiary/aromatic N) is 1. The molecular weight excluding hydrogens is 286 g/mol. The molecule has 0 spiro atoms. The van der Waals surface area contributed by atoms with Crippen molar-refractivity contribution in [3.8, 4) is 5.75 Å². The number of halogens is 1. The van der Waals surface area contributed by atoms with Crippen LogP contribution >= 0.6 is 15.9 Å². The van der Waals surface area contributed by atoms with Crippen LogP contribution in [0.25, 0.3) is 0 Å². The summed E-state index contributed by atoms with van der Waals surface area (Å²) >= 11 is 3.36. The lowest BCUT2D eigenvalue weighted by Gasteiger charge is -2.24. The highest BCUT2D eigenvalue weighted by molar-refractivity contribution is 9.10. The van der Waals surface area contributed by atoms with Gasteiger partial charge in [-0.05, 0) is 32.0 Å². The number of methoxy groups -OCH3 is 1. The number of carbonyl (C=O) groups is 1. The van der Waals surface area contributed by atoms with Gasteiger partial charge >= 0.3 is 5.97 Å². The van der Waals surface area contributed by atoms with Crippen LogP contribution in [0.1, 0.15) is 13.8 Å². The lowest BCUT2D eigenvalue weighted by atomic mass is 10.3. The van der Waals surface area contributed by atoms with Crippen LogP contribution in [0.15, 0.2) is 28.7 Å². The Morgan fingerprint density at radius 3 is 2.71 bits per heavy atom. The van der Waals surface area contributed by atoms with E-state index in [-0.39, 0.29) is 18.6 Å². The first-order chi connectivity index (χ1) is 8.02. The molecule has 0 N–H and O–H groups in total. The highest BCUT2D eigenvalue weighted by Gasteiger charge is 2.16. The van der Waals surface area contributed by atoms with E-state index in [9.17, 15) is 4.79 Å². The summed E-state index contributed by atoms with van der Waals surface area (Å²) in [5.74, 6) is 0.352. The second-order valence-corrected chi connectivity index (χ2v) is 4.71. The summed E-state index contributed by atoms with van der Waals surface area (Å²) < 4.78 is 5.55. The third kappa shape index (κ3) is 4.75. The zero-order chi connectivity index (χ0) is 12.8. The van der Waals surface area contributed by atoms with Gasteiger partial charge in [0.25, 0.3) is 0 Å². The Bertz CT molecular complexity index is 382. The summed E-state index contributed by atoms with van der Waals surface area (Å²) in [5.41, 5.74) is 0. The smallest absolute Gasteiger partial charge is 0.323 e. The van der Waals surface area contributed by atoms with E-state index in [1.165, 1.54) is 7.11 Å². The van der Waals surface area contributed by atoms with Gasteiger partial charge in [-0.15, -0.1) is 5.06 Å². The maximum Gasteiger partial charge on any atom is 0.323 e. The molecular formula is C12H16BrNO3. The van der Waals surface area contributed by atoms with Gasteiger partial charge in [-0.25, -0.2) is 0 Å². The molecule has 1 aromatic rings. The Hall–Kier alpha value is -1.07. The minimum Gasteiger partial charge on any atom is -0.468 e. The number of esters is 1. The SMILES string of the molecule is COC(=O)CN(Oc1cccc(Br)c1)C(C)C. The van der Waals surface area contributed by atoms with Crippen molar-refractivity contribution in [2.75, 3.05) is 13.7 Å². The Kier molecular flexibility index (Phi) is 5.44. The molecule has 0 heterocycles. The van der Waals surface area contributed by atoms with Crippen LogP contribution in [0.3, 0.4) is 0 Å². The average Bonchev–Trinajstić information content (AvgIpc) is 2.27. The van der Waals surface area contributed by atoms with E-state index in [0.717, 1.165) is 4.47 Å². The largest absolute Gasteiger partial charge is 0.468 e. The summed E-state index contributed by atoms with van der Waals surface area (Å²) in [4.78, 5) is 16.9. The van der Waals surface area contributed by atoms with E-state index in [1.807, 2.05) is 38.1 Å². The average molecular weight is 302 g/mol. The molecule has 0 aromatic heterocycles. The maximum atomic E-state index is 11.2. The monoisotopic (exact) mass is 301 g/mol. The molecule has 0 aliphatic heterocycles. The molecule has 94 valence electrons.